The Morgan fingerprint density at radius 3 is 2.84 bits per heavy atom. The number of benzene rings is 1. The van der Waals surface area contributed by atoms with E-state index < -0.39 is 0 Å². The van der Waals surface area contributed by atoms with E-state index in [1.165, 1.54) is 6.33 Å². The maximum atomic E-state index is 9.35. The Kier molecular flexibility index (Phi) is 2.96. The van der Waals surface area contributed by atoms with Crippen LogP contribution >= 0.6 is 0 Å². The van der Waals surface area contributed by atoms with E-state index in [-0.39, 0.29) is 20.0 Å². The van der Waals surface area contributed by atoms with Crippen LogP contribution < -0.4 is 14.2 Å². The van der Waals surface area contributed by atoms with Crippen molar-refractivity contribution >= 4 is 0 Å². The normalized spacial score (nSPS) is 12.7. The van der Waals surface area contributed by atoms with Gasteiger partial charge in [-0.05, 0) is 6.07 Å². The summed E-state index contributed by atoms with van der Waals surface area (Å²) in [5, 5.41) is 13.3. The van der Waals surface area contributed by atoms with Gasteiger partial charge in [0.1, 0.15) is 18.7 Å². The third-order valence-electron chi connectivity index (χ3n) is 2.89. The molecule has 1 aromatic carbocycles. The van der Waals surface area contributed by atoms with Crippen LogP contribution in [0.3, 0.4) is 0 Å². The number of aromatic nitrogens is 3. The Morgan fingerprint density at radius 1 is 1.37 bits per heavy atom. The topological polar surface area (TPSA) is 78.6 Å². The fraction of sp³-hybridized carbons (Fsp3) is 0.333. The van der Waals surface area contributed by atoms with Crippen molar-refractivity contribution in [2.45, 2.75) is 13.2 Å². The second kappa shape index (κ2) is 4.77. The third kappa shape index (κ3) is 2.19. The minimum atomic E-state index is -0.134. The molecule has 0 unspecified atom stereocenters. The van der Waals surface area contributed by atoms with Crippen molar-refractivity contribution in [1.29, 1.82) is 0 Å². The number of aliphatic hydroxyl groups excluding tert-OH is 1. The molecular weight excluding hydrogens is 250 g/mol. The smallest absolute Gasteiger partial charge is 0.231 e. The second-order valence-electron chi connectivity index (χ2n) is 4.06. The monoisotopic (exact) mass is 263 g/mol. The van der Waals surface area contributed by atoms with Crippen LogP contribution in [0.2, 0.25) is 0 Å². The van der Waals surface area contributed by atoms with E-state index in [1.54, 1.807) is 23.9 Å². The van der Waals surface area contributed by atoms with Crippen molar-refractivity contribution in [2.75, 3.05) is 6.79 Å². The van der Waals surface area contributed by atoms with Crippen molar-refractivity contribution in [3.63, 3.8) is 0 Å². The standard InChI is InChI=1S/C12H13N3O4/c1-15-12(13-6-14-15)5-17-9-3-11-10(18-7-19-11)2-8(9)4-16/h2-3,6,16H,4-5,7H2,1H3. The van der Waals surface area contributed by atoms with Crippen LogP contribution in [0.15, 0.2) is 18.5 Å². The molecule has 1 aliphatic heterocycles. The minimum Gasteiger partial charge on any atom is -0.485 e. The summed E-state index contributed by atoms with van der Waals surface area (Å²) in [6.07, 6.45) is 1.46. The molecule has 0 aliphatic carbocycles. The summed E-state index contributed by atoms with van der Waals surface area (Å²) in [6.45, 7) is 0.320. The molecule has 7 heteroatoms. The van der Waals surface area contributed by atoms with Gasteiger partial charge in [-0.25, -0.2) is 4.98 Å². The second-order valence-corrected chi connectivity index (χ2v) is 4.06. The first-order valence-electron chi connectivity index (χ1n) is 5.77. The highest BCUT2D eigenvalue weighted by Crippen LogP contribution is 2.38. The molecule has 2 heterocycles. The highest BCUT2D eigenvalue weighted by atomic mass is 16.7. The fourth-order valence-corrected chi connectivity index (χ4v) is 1.82. The predicted octanol–water partition coefficient (Wildman–Crippen LogP) is 0.615. The molecule has 0 radical (unpaired) electrons. The van der Waals surface area contributed by atoms with E-state index >= 15 is 0 Å². The Morgan fingerprint density at radius 2 is 2.16 bits per heavy atom. The van der Waals surface area contributed by atoms with Gasteiger partial charge < -0.3 is 19.3 Å². The quantitative estimate of drug-likeness (QED) is 0.871. The molecule has 1 aromatic heterocycles. The van der Waals surface area contributed by atoms with Crippen LogP contribution in [-0.2, 0) is 20.3 Å². The molecule has 0 fully saturated rings. The zero-order valence-electron chi connectivity index (χ0n) is 10.4. The maximum absolute atomic E-state index is 9.35. The first kappa shape index (κ1) is 11.8. The highest BCUT2D eigenvalue weighted by Gasteiger charge is 2.18. The third-order valence-corrected chi connectivity index (χ3v) is 2.89. The molecule has 19 heavy (non-hydrogen) atoms. The maximum Gasteiger partial charge on any atom is 0.231 e. The summed E-state index contributed by atoms with van der Waals surface area (Å²) in [6, 6.07) is 3.43. The molecule has 1 aliphatic rings. The van der Waals surface area contributed by atoms with Gasteiger partial charge in [-0.15, -0.1) is 0 Å². The highest BCUT2D eigenvalue weighted by molar-refractivity contribution is 5.51. The number of aryl methyl sites for hydroxylation is 1. The first-order valence-corrected chi connectivity index (χ1v) is 5.77. The van der Waals surface area contributed by atoms with E-state index in [2.05, 4.69) is 10.1 Å². The predicted molar refractivity (Wildman–Crippen MR) is 63.8 cm³/mol. The van der Waals surface area contributed by atoms with Gasteiger partial charge in [0.2, 0.25) is 6.79 Å². The van der Waals surface area contributed by atoms with Crippen LogP contribution in [0.4, 0.5) is 0 Å². The lowest BCUT2D eigenvalue weighted by Gasteiger charge is -2.10. The molecule has 1 N–H and O–H groups in total. The molecule has 7 nitrogen and oxygen atoms in total. The van der Waals surface area contributed by atoms with Gasteiger partial charge in [-0.1, -0.05) is 0 Å². The number of ether oxygens (including phenoxy) is 3. The largest absolute Gasteiger partial charge is 0.485 e. The van der Waals surface area contributed by atoms with E-state index in [0.29, 0.717) is 28.6 Å². The van der Waals surface area contributed by atoms with Crippen LogP contribution in [0.5, 0.6) is 17.2 Å². The van der Waals surface area contributed by atoms with Crippen molar-refractivity contribution in [3.05, 3.63) is 29.8 Å². The number of aliphatic hydroxyl groups is 1. The summed E-state index contributed by atoms with van der Waals surface area (Å²) < 4.78 is 17.8. The molecule has 0 atom stereocenters. The van der Waals surface area contributed by atoms with Crippen molar-refractivity contribution in [3.8, 4) is 17.2 Å². The van der Waals surface area contributed by atoms with Crippen molar-refractivity contribution in [2.24, 2.45) is 7.05 Å². The fourth-order valence-electron chi connectivity index (χ4n) is 1.82. The number of fused-ring (bicyclic) bond motifs is 1. The number of nitrogens with zero attached hydrogens (tertiary/aromatic N) is 3. The summed E-state index contributed by atoms with van der Waals surface area (Å²) in [7, 11) is 1.79. The van der Waals surface area contributed by atoms with Crippen LogP contribution in [0, 0.1) is 0 Å². The van der Waals surface area contributed by atoms with Gasteiger partial charge in [-0.3, -0.25) is 4.68 Å². The number of rotatable bonds is 4. The van der Waals surface area contributed by atoms with Crippen LogP contribution in [-0.4, -0.2) is 26.7 Å². The molecular formula is C12H13N3O4. The molecule has 0 amide bonds. The summed E-state index contributed by atoms with van der Waals surface area (Å²) >= 11 is 0. The Bertz CT molecular complexity index is 597. The lowest BCUT2D eigenvalue weighted by atomic mass is 10.2. The van der Waals surface area contributed by atoms with E-state index in [0.717, 1.165) is 0 Å². The van der Waals surface area contributed by atoms with E-state index in [1.807, 2.05) is 0 Å². The summed E-state index contributed by atoms with van der Waals surface area (Å²) in [4.78, 5) is 4.07. The first-order chi connectivity index (χ1) is 9.28. The molecule has 0 spiro atoms. The van der Waals surface area contributed by atoms with Crippen LogP contribution in [0.1, 0.15) is 11.4 Å². The van der Waals surface area contributed by atoms with Gasteiger partial charge in [-0.2, -0.15) is 5.10 Å². The van der Waals surface area contributed by atoms with Crippen molar-refractivity contribution < 1.29 is 19.3 Å². The van der Waals surface area contributed by atoms with Gasteiger partial charge in [0, 0.05) is 18.7 Å². The van der Waals surface area contributed by atoms with Gasteiger partial charge >= 0.3 is 0 Å². The Labute approximate surface area is 109 Å². The lowest BCUT2D eigenvalue weighted by Crippen LogP contribution is -2.05. The van der Waals surface area contributed by atoms with Gasteiger partial charge in [0.05, 0.1) is 6.61 Å². The van der Waals surface area contributed by atoms with Gasteiger partial charge in [0.25, 0.3) is 0 Å². The Balaban J connectivity index is 1.82. The summed E-state index contributed by atoms with van der Waals surface area (Å²) in [5.41, 5.74) is 0.645. The van der Waals surface area contributed by atoms with E-state index in [4.69, 9.17) is 14.2 Å². The zero-order chi connectivity index (χ0) is 13.2. The minimum absolute atomic E-state index is 0.134. The molecule has 0 saturated heterocycles. The van der Waals surface area contributed by atoms with Crippen molar-refractivity contribution in [1.82, 2.24) is 14.8 Å². The summed E-state index contributed by atoms with van der Waals surface area (Å²) in [5.74, 6) is 2.48. The molecule has 3 rings (SSSR count). The molecule has 0 saturated carbocycles. The van der Waals surface area contributed by atoms with E-state index in [9.17, 15) is 5.11 Å². The SMILES string of the molecule is Cn1ncnc1COc1cc2c(cc1CO)OCO2. The number of hydrogen-bond acceptors (Lipinski definition) is 6. The Hall–Kier alpha value is -2.28. The number of hydrogen-bond donors (Lipinski definition) is 1. The molecule has 100 valence electrons. The zero-order valence-corrected chi connectivity index (χ0v) is 10.4. The molecule has 0 bridgehead atoms. The molecule has 2 aromatic rings. The van der Waals surface area contributed by atoms with Gasteiger partial charge in [0.15, 0.2) is 17.3 Å². The van der Waals surface area contributed by atoms with Crippen LogP contribution in [0.25, 0.3) is 0 Å². The average Bonchev–Trinajstić information content (AvgIpc) is 3.03. The average molecular weight is 263 g/mol. The lowest BCUT2D eigenvalue weighted by molar-refractivity contribution is 0.173.